The molecule has 0 aliphatic heterocycles. The number of nitrogens with zero attached hydrogens (tertiary/aromatic N) is 2. The summed E-state index contributed by atoms with van der Waals surface area (Å²) in [5.41, 5.74) is 0.0383. The molecule has 0 atom stereocenters. The van der Waals surface area contributed by atoms with E-state index in [2.05, 4.69) is 0 Å². The first-order chi connectivity index (χ1) is 9.79. The number of halogens is 4. The van der Waals surface area contributed by atoms with Gasteiger partial charge in [0.2, 0.25) is 0 Å². The number of rotatable bonds is 3. The normalized spacial score (nSPS) is 11.2. The number of hydrogen-bond donors (Lipinski definition) is 0. The summed E-state index contributed by atoms with van der Waals surface area (Å²) in [6.45, 7) is 0.0532. The highest BCUT2D eigenvalue weighted by atomic mass is 19.4. The fourth-order valence-electron chi connectivity index (χ4n) is 1.85. The molecular weight excluding hydrogens is 288 g/mol. The molecule has 2 rings (SSSR count). The second-order valence-corrected chi connectivity index (χ2v) is 4.36. The summed E-state index contributed by atoms with van der Waals surface area (Å²) in [4.78, 5) is 11.0. The van der Waals surface area contributed by atoms with Gasteiger partial charge in [0.1, 0.15) is 5.82 Å². The van der Waals surface area contributed by atoms with Gasteiger partial charge in [0.05, 0.1) is 11.6 Å². The van der Waals surface area contributed by atoms with E-state index in [0.29, 0.717) is 5.56 Å². The number of aromatic nitrogens is 1. The average Bonchev–Trinajstić information content (AvgIpc) is 2.84. The van der Waals surface area contributed by atoms with E-state index >= 15 is 0 Å². The molecule has 0 spiro atoms. The number of alkyl halides is 3. The SMILES string of the molecule is N#Cc1cc(F)cc(Cn2ccc(C(=O)C(F)(F)F)c2)c1. The van der Waals surface area contributed by atoms with Crippen LogP contribution >= 0.6 is 0 Å². The lowest BCUT2D eigenvalue weighted by molar-refractivity contribution is -0.0885. The minimum absolute atomic E-state index is 0.0532. The maximum Gasteiger partial charge on any atom is 0.454 e. The van der Waals surface area contributed by atoms with Crippen molar-refractivity contribution < 1.29 is 22.4 Å². The molecule has 2 aromatic rings. The average molecular weight is 296 g/mol. The van der Waals surface area contributed by atoms with Crippen molar-refractivity contribution in [2.45, 2.75) is 12.7 Å². The fourth-order valence-corrected chi connectivity index (χ4v) is 1.85. The Bertz CT molecular complexity index is 725. The van der Waals surface area contributed by atoms with Crippen LogP contribution in [0.5, 0.6) is 0 Å². The van der Waals surface area contributed by atoms with E-state index in [1.807, 2.05) is 0 Å². The third-order valence-electron chi connectivity index (χ3n) is 2.72. The lowest BCUT2D eigenvalue weighted by Gasteiger charge is -2.05. The van der Waals surface area contributed by atoms with Gasteiger partial charge in [-0.1, -0.05) is 0 Å². The summed E-state index contributed by atoms with van der Waals surface area (Å²) >= 11 is 0. The molecule has 7 heteroatoms. The maximum atomic E-state index is 13.2. The smallest absolute Gasteiger partial charge is 0.349 e. The van der Waals surface area contributed by atoms with Gasteiger partial charge in [-0.05, 0) is 29.8 Å². The highest BCUT2D eigenvalue weighted by molar-refractivity contribution is 6.00. The van der Waals surface area contributed by atoms with Crippen LogP contribution < -0.4 is 0 Å². The van der Waals surface area contributed by atoms with Gasteiger partial charge in [0.15, 0.2) is 0 Å². The molecule has 0 unspecified atom stereocenters. The topological polar surface area (TPSA) is 45.8 Å². The summed E-state index contributed by atoms with van der Waals surface area (Å²) in [7, 11) is 0. The van der Waals surface area contributed by atoms with E-state index in [0.717, 1.165) is 18.3 Å². The Balaban J connectivity index is 2.22. The Hall–Kier alpha value is -2.62. The molecule has 0 amide bonds. The van der Waals surface area contributed by atoms with E-state index in [9.17, 15) is 22.4 Å². The Labute approximate surface area is 117 Å². The molecule has 1 aromatic heterocycles. The summed E-state index contributed by atoms with van der Waals surface area (Å²) in [6, 6.07) is 6.48. The van der Waals surface area contributed by atoms with E-state index in [-0.39, 0.29) is 12.1 Å². The number of ketones is 1. The lowest BCUT2D eigenvalue weighted by Crippen LogP contribution is -2.22. The molecule has 0 bridgehead atoms. The predicted molar refractivity (Wildman–Crippen MR) is 65.0 cm³/mol. The standard InChI is InChI=1S/C14H8F4N2O/c15-12-4-9(6-19)3-10(5-12)7-20-2-1-11(8-20)13(21)14(16,17)18/h1-5,8H,7H2. The van der Waals surface area contributed by atoms with Crippen LogP contribution in [0.15, 0.2) is 36.7 Å². The van der Waals surface area contributed by atoms with Gasteiger partial charge < -0.3 is 4.57 Å². The molecule has 0 aliphatic carbocycles. The van der Waals surface area contributed by atoms with Crippen LogP contribution in [0.3, 0.4) is 0 Å². The number of carbonyl (C=O) groups is 1. The molecule has 0 saturated carbocycles. The second kappa shape index (κ2) is 5.40. The molecule has 0 N–H and O–H groups in total. The van der Waals surface area contributed by atoms with Gasteiger partial charge in [0.25, 0.3) is 5.78 Å². The van der Waals surface area contributed by atoms with Crippen LogP contribution in [0.2, 0.25) is 0 Å². The van der Waals surface area contributed by atoms with Crippen LogP contribution in [0.1, 0.15) is 21.5 Å². The predicted octanol–water partition coefficient (Wildman–Crippen LogP) is 3.29. The summed E-state index contributed by atoms with van der Waals surface area (Å²) in [5.74, 6) is -2.54. The first kappa shape index (κ1) is 14.8. The van der Waals surface area contributed by atoms with Crippen LogP contribution in [0.4, 0.5) is 17.6 Å². The maximum absolute atomic E-state index is 13.2. The van der Waals surface area contributed by atoms with E-state index in [1.165, 1.54) is 22.9 Å². The molecular formula is C14H8F4N2O. The first-order valence-corrected chi connectivity index (χ1v) is 5.76. The molecule has 1 heterocycles. The number of carbonyl (C=O) groups excluding carboxylic acids is 1. The molecule has 3 nitrogen and oxygen atoms in total. The zero-order valence-corrected chi connectivity index (χ0v) is 10.5. The zero-order valence-electron chi connectivity index (χ0n) is 10.5. The fraction of sp³-hybridized carbons (Fsp3) is 0.143. The van der Waals surface area contributed by atoms with Crippen LogP contribution in [0, 0.1) is 17.1 Å². The number of benzene rings is 1. The molecule has 0 fully saturated rings. The largest absolute Gasteiger partial charge is 0.454 e. The van der Waals surface area contributed by atoms with Gasteiger partial charge >= 0.3 is 6.18 Å². The Morgan fingerprint density at radius 1 is 1.29 bits per heavy atom. The van der Waals surface area contributed by atoms with Gasteiger partial charge in [-0.15, -0.1) is 0 Å². The van der Waals surface area contributed by atoms with Gasteiger partial charge in [0, 0.05) is 24.5 Å². The summed E-state index contributed by atoms with van der Waals surface area (Å²) in [5, 5.41) is 8.73. The minimum Gasteiger partial charge on any atom is -0.349 e. The van der Waals surface area contributed by atoms with Gasteiger partial charge in [-0.2, -0.15) is 18.4 Å². The van der Waals surface area contributed by atoms with E-state index in [4.69, 9.17) is 5.26 Å². The van der Waals surface area contributed by atoms with Gasteiger partial charge in [-0.25, -0.2) is 4.39 Å². The molecule has 1 aromatic carbocycles. The van der Waals surface area contributed by atoms with E-state index < -0.39 is 23.3 Å². The highest BCUT2D eigenvalue weighted by Crippen LogP contribution is 2.22. The quantitative estimate of drug-likeness (QED) is 0.644. The Morgan fingerprint density at radius 3 is 2.62 bits per heavy atom. The Kier molecular flexibility index (Phi) is 3.80. The van der Waals surface area contributed by atoms with Crippen LogP contribution in [-0.4, -0.2) is 16.5 Å². The molecule has 0 saturated heterocycles. The molecule has 108 valence electrons. The molecule has 0 radical (unpaired) electrons. The third-order valence-corrected chi connectivity index (χ3v) is 2.72. The van der Waals surface area contributed by atoms with Crippen LogP contribution in [0.25, 0.3) is 0 Å². The highest BCUT2D eigenvalue weighted by Gasteiger charge is 2.39. The number of nitriles is 1. The van der Waals surface area contributed by atoms with Crippen molar-refractivity contribution in [3.63, 3.8) is 0 Å². The molecule has 0 aliphatic rings. The summed E-state index contributed by atoms with van der Waals surface area (Å²) in [6.07, 6.45) is -2.61. The van der Waals surface area contributed by atoms with Crippen LogP contribution in [-0.2, 0) is 6.54 Å². The van der Waals surface area contributed by atoms with Crippen molar-refractivity contribution >= 4 is 5.78 Å². The van der Waals surface area contributed by atoms with Crippen molar-refractivity contribution in [2.24, 2.45) is 0 Å². The first-order valence-electron chi connectivity index (χ1n) is 5.76. The number of hydrogen-bond acceptors (Lipinski definition) is 2. The van der Waals surface area contributed by atoms with Gasteiger partial charge in [-0.3, -0.25) is 4.79 Å². The van der Waals surface area contributed by atoms with Crippen molar-refractivity contribution in [1.29, 1.82) is 5.26 Å². The minimum atomic E-state index is -4.93. The van der Waals surface area contributed by atoms with Crippen molar-refractivity contribution in [2.75, 3.05) is 0 Å². The zero-order chi connectivity index (χ0) is 15.6. The van der Waals surface area contributed by atoms with E-state index in [1.54, 1.807) is 6.07 Å². The third kappa shape index (κ3) is 3.48. The van der Waals surface area contributed by atoms with Crippen molar-refractivity contribution in [3.8, 4) is 6.07 Å². The molecule has 21 heavy (non-hydrogen) atoms. The van der Waals surface area contributed by atoms with Crippen molar-refractivity contribution in [1.82, 2.24) is 4.57 Å². The lowest BCUT2D eigenvalue weighted by atomic mass is 10.1. The Morgan fingerprint density at radius 2 is 2.00 bits per heavy atom. The monoisotopic (exact) mass is 296 g/mol. The summed E-state index contributed by atoms with van der Waals surface area (Å²) < 4.78 is 51.4. The number of Topliss-reactive ketones (excluding diaryl/α,β-unsaturated/α-hetero) is 1. The second-order valence-electron chi connectivity index (χ2n) is 4.36. The van der Waals surface area contributed by atoms with Crippen molar-refractivity contribution in [3.05, 3.63) is 59.2 Å².